The van der Waals surface area contributed by atoms with E-state index < -0.39 is 35.7 Å². The van der Waals surface area contributed by atoms with Crippen molar-refractivity contribution in [1.82, 2.24) is 0 Å². The first kappa shape index (κ1) is 26.5. The van der Waals surface area contributed by atoms with E-state index >= 15 is 0 Å². The van der Waals surface area contributed by atoms with Gasteiger partial charge in [-0.15, -0.1) is 0 Å². The summed E-state index contributed by atoms with van der Waals surface area (Å²) >= 11 is -2.50. The van der Waals surface area contributed by atoms with E-state index in [0.717, 1.165) is 6.42 Å². The zero-order valence-electron chi connectivity index (χ0n) is 19.8. The van der Waals surface area contributed by atoms with Gasteiger partial charge in [0.1, 0.15) is 0 Å². The summed E-state index contributed by atoms with van der Waals surface area (Å²) in [5.41, 5.74) is 0.170. The second-order valence-corrected chi connectivity index (χ2v) is 22.1. The molecule has 1 saturated carbocycles. The summed E-state index contributed by atoms with van der Waals surface area (Å²) in [5.74, 6) is -0.586. The third kappa shape index (κ3) is 7.29. The summed E-state index contributed by atoms with van der Waals surface area (Å²) in [6.45, 7) is 9.00. The number of esters is 2. The molecule has 1 unspecified atom stereocenters. The summed E-state index contributed by atoms with van der Waals surface area (Å²) in [7, 11) is 2.76. The standard InChI is InChI=1S/C12H17O4.3C4H9.Sn/c1-8-5-9(2)7-12(6-8,10(13)15-3)11(14)16-4;3*1-3-4-2;/h1,9H,5-7H2,2-4H3;3*1,3-4H2,2H3;. The molecule has 1 aliphatic rings. The molecule has 0 bridgehead atoms. The van der Waals surface area contributed by atoms with E-state index in [1.54, 1.807) is 0 Å². The molecule has 0 aliphatic heterocycles. The van der Waals surface area contributed by atoms with Crippen molar-refractivity contribution < 1.29 is 19.1 Å². The van der Waals surface area contributed by atoms with Crippen LogP contribution in [0.4, 0.5) is 0 Å². The normalized spacial score (nSPS) is 20.5. The van der Waals surface area contributed by atoms with Gasteiger partial charge >= 0.3 is 183 Å². The Hall–Kier alpha value is -0.521. The fraction of sp³-hybridized carbons (Fsp3) is 0.833. The summed E-state index contributed by atoms with van der Waals surface area (Å²) in [5, 5.41) is 0. The summed E-state index contributed by atoms with van der Waals surface area (Å²) in [4.78, 5) is 25.5. The van der Waals surface area contributed by atoms with Gasteiger partial charge in [0.05, 0.1) is 0 Å². The molecule has 0 N–H and O–H groups in total. The summed E-state index contributed by atoms with van der Waals surface area (Å²) < 4.78 is 17.0. The van der Waals surface area contributed by atoms with Crippen LogP contribution in [-0.2, 0) is 19.1 Å². The number of rotatable bonds is 12. The van der Waals surface area contributed by atoms with Crippen molar-refractivity contribution in [3.63, 3.8) is 0 Å². The minimum atomic E-state index is -2.50. The zero-order chi connectivity index (χ0) is 21.9. The van der Waals surface area contributed by atoms with Crippen LogP contribution in [0.15, 0.2) is 9.67 Å². The molecular weight excluding hydrogens is 471 g/mol. The Balaban J connectivity index is 3.35. The van der Waals surface area contributed by atoms with Crippen molar-refractivity contribution in [2.24, 2.45) is 11.3 Å². The topological polar surface area (TPSA) is 52.6 Å². The van der Waals surface area contributed by atoms with Crippen molar-refractivity contribution in [2.75, 3.05) is 14.2 Å². The van der Waals surface area contributed by atoms with Crippen LogP contribution in [0.2, 0.25) is 13.3 Å². The monoisotopic (exact) mass is 516 g/mol. The minimum absolute atomic E-state index is 0.278. The fourth-order valence-electron chi connectivity index (χ4n) is 5.15. The Bertz CT molecular complexity index is 517. The van der Waals surface area contributed by atoms with Gasteiger partial charge in [-0.1, -0.05) is 0 Å². The number of allylic oxidation sites excluding steroid dienone is 1. The van der Waals surface area contributed by atoms with E-state index in [0.29, 0.717) is 12.8 Å². The number of ether oxygens (including phenoxy) is 2. The first-order valence-electron chi connectivity index (χ1n) is 11.7. The van der Waals surface area contributed by atoms with Crippen molar-refractivity contribution in [3.05, 3.63) is 9.67 Å². The van der Waals surface area contributed by atoms with Gasteiger partial charge in [0.15, 0.2) is 0 Å². The van der Waals surface area contributed by atoms with Crippen LogP contribution in [0, 0.1) is 11.3 Å². The Morgan fingerprint density at radius 1 is 0.966 bits per heavy atom. The summed E-state index contributed by atoms with van der Waals surface area (Å²) in [6, 6.07) is 0. The molecule has 29 heavy (non-hydrogen) atoms. The molecule has 0 heterocycles. The quantitative estimate of drug-likeness (QED) is 0.170. The molecule has 168 valence electrons. The number of hydrogen-bond donors (Lipinski definition) is 0. The van der Waals surface area contributed by atoms with Crippen LogP contribution < -0.4 is 0 Å². The number of carbonyl (C=O) groups excluding carboxylic acids is 2. The van der Waals surface area contributed by atoms with Crippen molar-refractivity contribution in [2.45, 2.75) is 98.8 Å². The number of methoxy groups -OCH3 is 2. The molecule has 0 aromatic heterocycles. The van der Waals surface area contributed by atoms with E-state index in [9.17, 15) is 9.59 Å². The molecule has 1 atom stereocenters. The molecule has 0 aromatic rings. The molecular formula is C24H44O4Sn. The van der Waals surface area contributed by atoms with Gasteiger partial charge in [-0.3, -0.25) is 0 Å². The second-order valence-electron chi connectivity index (χ2n) is 9.23. The first-order valence-corrected chi connectivity index (χ1v) is 19.4. The average Bonchev–Trinajstić information content (AvgIpc) is 2.72. The second kappa shape index (κ2) is 13.0. The van der Waals surface area contributed by atoms with Gasteiger partial charge in [0, 0.05) is 0 Å². The Labute approximate surface area is 183 Å². The number of unbranched alkanes of at least 4 members (excludes halogenated alkanes) is 3. The molecule has 0 amide bonds. The van der Waals surface area contributed by atoms with Crippen LogP contribution in [0.3, 0.4) is 0 Å². The predicted molar refractivity (Wildman–Crippen MR) is 122 cm³/mol. The van der Waals surface area contributed by atoms with E-state index in [4.69, 9.17) is 9.47 Å². The molecule has 4 nitrogen and oxygen atoms in total. The van der Waals surface area contributed by atoms with Gasteiger partial charge < -0.3 is 0 Å². The molecule has 0 radical (unpaired) electrons. The van der Waals surface area contributed by atoms with E-state index in [-0.39, 0.29) is 5.92 Å². The van der Waals surface area contributed by atoms with Gasteiger partial charge in [-0.05, 0) is 0 Å². The molecule has 0 aromatic carbocycles. The molecule has 1 rings (SSSR count). The third-order valence-corrected chi connectivity index (χ3v) is 21.1. The van der Waals surface area contributed by atoms with Crippen LogP contribution in [0.5, 0.6) is 0 Å². The van der Waals surface area contributed by atoms with Crippen molar-refractivity contribution in [3.8, 4) is 0 Å². The van der Waals surface area contributed by atoms with Gasteiger partial charge in [-0.2, -0.15) is 0 Å². The van der Waals surface area contributed by atoms with Gasteiger partial charge in [0.25, 0.3) is 0 Å². The van der Waals surface area contributed by atoms with Crippen LogP contribution in [0.25, 0.3) is 0 Å². The summed E-state index contributed by atoms with van der Waals surface area (Å²) in [6.07, 6.45) is 9.65. The van der Waals surface area contributed by atoms with Crippen LogP contribution >= 0.6 is 0 Å². The third-order valence-electron chi connectivity index (χ3n) is 6.58. The van der Waals surface area contributed by atoms with Crippen LogP contribution in [0.1, 0.15) is 85.5 Å². The Morgan fingerprint density at radius 3 is 1.79 bits per heavy atom. The van der Waals surface area contributed by atoms with Gasteiger partial charge in [0.2, 0.25) is 0 Å². The maximum atomic E-state index is 12.7. The van der Waals surface area contributed by atoms with Crippen molar-refractivity contribution in [1.29, 1.82) is 0 Å². The van der Waals surface area contributed by atoms with E-state index in [1.807, 2.05) is 0 Å². The Morgan fingerprint density at radius 2 is 1.41 bits per heavy atom. The average molecular weight is 515 g/mol. The first-order chi connectivity index (χ1) is 13.8. The van der Waals surface area contributed by atoms with Crippen molar-refractivity contribution >= 4 is 30.3 Å². The molecule has 1 fully saturated rings. The zero-order valence-corrected chi connectivity index (χ0v) is 22.6. The number of hydrogen-bond acceptors (Lipinski definition) is 4. The fourth-order valence-corrected chi connectivity index (χ4v) is 20.7. The number of carbonyl (C=O) groups is 2. The van der Waals surface area contributed by atoms with Crippen LogP contribution in [-0.4, -0.2) is 44.5 Å². The molecule has 1 aliphatic carbocycles. The maximum absolute atomic E-state index is 12.7. The SMILES string of the molecule is CCC[CH2][Sn](/[CH]=C1\CC(C)CC(C(=O)OC)(C(=O)OC)C1)([CH2]CCC)[CH2]CCC. The molecule has 0 spiro atoms. The molecule has 5 heteroatoms. The van der Waals surface area contributed by atoms with E-state index in [2.05, 4.69) is 31.8 Å². The van der Waals surface area contributed by atoms with Gasteiger partial charge in [-0.25, -0.2) is 0 Å². The molecule has 0 saturated heterocycles. The Kier molecular flexibility index (Phi) is 11.9. The van der Waals surface area contributed by atoms with E-state index in [1.165, 1.54) is 71.6 Å². The predicted octanol–water partition coefficient (Wildman–Crippen LogP) is 6.45.